The highest BCUT2D eigenvalue weighted by Crippen LogP contribution is 2.28. The molecule has 0 atom stereocenters. The Morgan fingerprint density at radius 2 is 1.62 bits per heavy atom. The van der Waals surface area contributed by atoms with Crippen molar-refractivity contribution in [1.29, 1.82) is 0 Å². The van der Waals surface area contributed by atoms with Crippen LogP contribution in [0.15, 0.2) is 16.6 Å². The monoisotopic (exact) mass is 356 g/mol. The molecule has 0 saturated heterocycles. The minimum Gasteiger partial charge on any atom is -0.493 e. The van der Waals surface area contributed by atoms with E-state index in [1.807, 2.05) is 19.1 Å². The fourth-order valence-electron chi connectivity index (χ4n) is 2.53. The Labute approximate surface area is 138 Å². The molecule has 0 spiro atoms. The van der Waals surface area contributed by atoms with Crippen molar-refractivity contribution in [3.05, 3.63) is 27.7 Å². The highest BCUT2D eigenvalue weighted by atomic mass is 79.9. The lowest BCUT2D eigenvalue weighted by Gasteiger charge is -2.13. The third-order valence-corrected chi connectivity index (χ3v) is 4.19. The molecule has 0 aromatic heterocycles. The molecule has 0 saturated carbocycles. The number of halogens is 1. The Morgan fingerprint density at radius 1 is 1.00 bits per heavy atom. The summed E-state index contributed by atoms with van der Waals surface area (Å²) in [6.45, 7) is 5.03. The van der Waals surface area contributed by atoms with Crippen LogP contribution < -0.4 is 4.74 Å². The van der Waals surface area contributed by atoms with Crippen molar-refractivity contribution in [2.24, 2.45) is 0 Å². The molecule has 1 N–H and O–H groups in total. The quantitative estimate of drug-likeness (QED) is 0.510. The standard InChI is InChI=1S/C18H29BrO2/c1-3-4-5-6-7-8-9-10-11-21-18-15(2)12-17(19)13-16(18)14-20/h12-13,20H,3-11,14H2,1-2H3. The summed E-state index contributed by atoms with van der Waals surface area (Å²) in [7, 11) is 0. The van der Waals surface area contributed by atoms with Crippen LogP contribution in [0, 0.1) is 6.92 Å². The lowest BCUT2D eigenvalue weighted by molar-refractivity contribution is 0.259. The van der Waals surface area contributed by atoms with Gasteiger partial charge in [0.25, 0.3) is 0 Å². The minimum absolute atomic E-state index is 0.0209. The SMILES string of the molecule is CCCCCCCCCCOc1c(C)cc(Br)cc1CO. The van der Waals surface area contributed by atoms with Gasteiger partial charge in [-0.1, -0.05) is 67.8 Å². The van der Waals surface area contributed by atoms with E-state index < -0.39 is 0 Å². The molecule has 2 nitrogen and oxygen atoms in total. The number of aryl methyl sites for hydroxylation is 1. The minimum atomic E-state index is 0.0209. The van der Waals surface area contributed by atoms with Gasteiger partial charge in [-0.15, -0.1) is 0 Å². The van der Waals surface area contributed by atoms with Gasteiger partial charge in [-0.3, -0.25) is 0 Å². The Balaban J connectivity index is 2.21. The molecule has 0 heterocycles. The molecule has 0 aliphatic carbocycles. The second-order valence-corrected chi connectivity index (χ2v) is 6.61. The molecule has 0 bridgehead atoms. The molecule has 1 aromatic carbocycles. The number of rotatable bonds is 11. The van der Waals surface area contributed by atoms with Crippen LogP contribution in [0.4, 0.5) is 0 Å². The molecule has 0 aliphatic heterocycles. The summed E-state index contributed by atoms with van der Waals surface area (Å²) < 4.78 is 6.87. The van der Waals surface area contributed by atoms with Crippen LogP contribution in [-0.2, 0) is 6.61 Å². The summed E-state index contributed by atoms with van der Waals surface area (Å²) in [5.41, 5.74) is 1.94. The van der Waals surface area contributed by atoms with E-state index in [0.29, 0.717) is 0 Å². The maximum Gasteiger partial charge on any atom is 0.127 e. The molecule has 0 aliphatic rings. The number of hydrogen-bond acceptors (Lipinski definition) is 2. The first kappa shape index (κ1) is 18.5. The molecular weight excluding hydrogens is 328 g/mol. The summed E-state index contributed by atoms with van der Waals surface area (Å²) in [4.78, 5) is 0. The normalized spacial score (nSPS) is 10.9. The first-order chi connectivity index (χ1) is 10.2. The number of aliphatic hydroxyl groups is 1. The summed E-state index contributed by atoms with van der Waals surface area (Å²) >= 11 is 3.45. The van der Waals surface area contributed by atoms with E-state index in [-0.39, 0.29) is 6.61 Å². The first-order valence-corrected chi connectivity index (χ1v) is 9.01. The zero-order valence-electron chi connectivity index (χ0n) is 13.5. The van der Waals surface area contributed by atoms with Crippen molar-refractivity contribution in [3.8, 4) is 5.75 Å². The fraction of sp³-hybridized carbons (Fsp3) is 0.667. The number of benzene rings is 1. The van der Waals surface area contributed by atoms with Crippen molar-refractivity contribution in [2.45, 2.75) is 71.8 Å². The number of hydrogen-bond donors (Lipinski definition) is 1. The van der Waals surface area contributed by atoms with Crippen LogP contribution in [0.3, 0.4) is 0 Å². The van der Waals surface area contributed by atoms with Gasteiger partial charge in [0.05, 0.1) is 13.2 Å². The largest absolute Gasteiger partial charge is 0.493 e. The zero-order chi connectivity index (χ0) is 15.5. The molecule has 120 valence electrons. The molecule has 0 unspecified atom stereocenters. The second-order valence-electron chi connectivity index (χ2n) is 5.69. The summed E-state index contributed by atoms with van der Waals surface area (Å²) in [6, 6.07) is 3.96. The number of ether oxygens (including phenoxy) is 1. The van der Waals surface area contributed by atoms with Crippen molar-refractivity contribution < 1.29 is 9.84 Å². The smallest absolute Gasteiger partial charge is 0.127 e. The van der Waals surface area contributed by atoms with Crippen LogP contribution in [0.5, 0.6) is 5.75 Å². The molecule has 1 rings (SSSR count). The average Bonchev–Trinajstić information content (AvgIpc) is 2.46. The van der Waals surface area contributed by atoms with Gasteiger partial charge in [-0.05, 0) is 31.0 Å². The molecule has 3 heteroatoms. The van der Waals surface area contributed by atoms with Crippen LogP contribution in [0.25, 0.3) is 0 Å². The van der Waals surface area contributed by atoms with Gasteiger partial charge < -0.3 is 9.84 Å². The Morgan fingerprint density at radius 3 is 2.24 bits per heavy atom. The van der Waals surface area contributed by atoms with E-state index in [2.05, 4.69) is 22.9 Å². The van der Waals surface area contributed by atoms with E-state index in [1.165, 1.54) is 44.9 Å². The first-order valence-electron chi connectivity index (χ1n) is 8.21. The van der Waals surface area contributed by atoms with E-state index in [0.717, 1.165) is 34.4 Å². The van der Waals surface area contributed by atoms with Crippen LogP contribution >= 0.6 is 15.9 Å². The van der Waals surface area contributed by atoms with Crippen molar-refractivity contribution >= 4 is 15.9 Å². The highest BCUT2D eigenvalue weighted by molar-refractivity contribution is 9.10. The summed E-state index contributed by atoms with van der Waals surface area (Å²) in [6.07, 6.45) is 10.4. The predicted molar refractivity (Wildman–Crippen MR) is 92.9 cm³/mol. The molecule has 0 amide bonds. The van der Waals surface area contributed by atoms with E-state index >= 15 is 0 Å². The number of aliphatic hydroxyl groups excluding tert-OH is 1. The van der Waals surface area contributed by atoms with E-state index in [9.17, 15) is 5.11 Å². The number of unbranched alkanes of at least 4 members (excludes halogenated alkanes) is 7. The Kier molecular flexibility index (Phi) is 9.77. The van der Waals surface area contributed by atoms with Crippen LogP contribution in [-0.4, -0.2) is 11.7 Å². The summed E-state index contributed by atoms with van der Waals surface area (Å²) in [5.74, 6) is 0.851. The Bertz CT molecular complexity index is 404. The topological polar surface area (TPSA) is 29.5 Å². The maximum absolute atomic E-state index is 9.41. The Hall–Kier alpha value is -0.540. The molecule has 21 heavy (non-hydrogen) atoms. The molecular formula is C18H29BrO2. The van der Waals surface area contributed by atoms with Gasteiger partial charge in [0.15, 0.2) is 0 Å². The third-order valence-electron chi connectivity index (χ3n) is 3.73. The predicted octanol–water partition coefficient (Wildman–Crippen LogP) is 5.77. The van der Waals surface area contributed by atoms with E-state index in [4.69, 9.17) is 4.74 Å². The van der Waals surface area contributed by atoms with Crippen LogP contribution in [0.1, 0.15) is 69.4 Å². The van der Waals surface area contributed by atoms with Crippen molar-refractivity contribution in [1.82, 2.24) is 0 Å². The third kappa shape index (κ3) is 7.32. The highest BCUT2D eigenvalue weighted by Gasteiger charge is 2.08. The van der Waals surface area contributed by atoms with Gasteiger partial charge in [-0.25, -0.2) is 0 Å². The lowest BCUT2D eigenvalue weighted by atomic mass is 10.1. The zero-order valence-corrected chi connectivity index (χ0v) is 15.0. The average molecular weight is 357 g/mol. The van der Waals surface area contributed by atoms with E-state index in [1.54, 1.807) is 0 Å². The fourth-order valence-corrected chi connectivity index (χ4v) is 3.15. The second kappa shape index (κ2) is 11.1. The van der Waals surface area contributed by atoms with Gasteiger partial charge in [0.1, 0.15) is 5.75 Å². The molecule has 0 fully saturated rings. The summed E-state index contributed by atoms with van der Waals surface area (Å²) in [5, 5.41) is 9.41. The molecule has 0 radical (unpaired) electrons. The maximum atomic E-state index is 9.41. The van der Waals surface area contributed by atoms with Crippen molar-refractivity contribution in [3.63, 3.8) is 0 Å². The van der Waals surface area contributed by atoms with Gasteiger partial charge in [-0.2, -0.15) is 0 Å². The van der Waals surface area contributed by atoms with Crippen LogP contribution in [0.2, 0.25) is 0 Å². The van der Waals surface area contributed by atoms with Gasteiger partial charge >= 0.3 is 0 Å². The lowest BCUT2D eigenvalue weighted by Crippen LogP contribution is -2.02. The van der Waals surface area contributed by atoms with Gasteiger partial charge in [0.2, 0.25) is 0 Å². The molecule has 1 aromatic rings. The van der Waals surface area contributed by atoms with Crippen molar-refractivity contribution in [2.75, 3.05) is 6.61 Å². The van der Waals surface area contributed by atoms with Gasteiger partial charge in [0, 0.05) is 10.0 Å².